The summed E-state index contributed by atoms with van der Waals surface area (Å²) in [7, 11) is -0.985. The van der Waals surface area contributed by atoms with Crippen molar-refractivity contribution in [3.8, 4) is 6.07 Å². The first-order chi connectivity index (χ1) is 6.29. The van der Waals surface area contributed by atoms with Crippen LogP contribution in [-0.4, -0.2) is 27.9 Å². The first-order valence-electron chi connectivity index (χ1n) is 4.66. The fraction of sp³-hybridized carbons (Fsp3) is 0.889. The Morgan fingerprint density at radius 2 is 2.23 bits per heavy atom. The van der Waals surface area contributed by atoms with E-state index in [1.807, 2.05) is 6.92 Å². The molecule has 2 atom stereocenters. The van der Waals surface area contributed by atoms with Gasteiger partial charge in [-0.05, 0) is 19.3 Å². The highest BCUT2D eigenvalue weighted by Gasteiger charge is 2.25. The van der Waals surface area contributed by atoms with E-state index in [0.717, 1.165) is 12.8 Å². The molecule has 1 heterocycles. The summed E-state index contributed by atoms with van der Waals surface area (Å²) in [6.07, 6.45) is 2.36. The van der Waals surface area contributed by atoms with E-state index in [9.17, 15) is 4.21 Å². The molecule has 0 aromatic carbocycles. The molecule has 0 aliphatic carbocycles. The predicted molar refractivity (Wildman–Crippen MR) is 51.7 cm³/mol. The maximum Gasteiger partial charge on any atom is 0.121 e. The molecule has 1 saturated heterocycles. The lowest BCUT2D eigenvalue weighted by atomic mass is 10.2. The van der Waals surface area contributed by atoms with Crippen LogP contribution in [0.15, 0.2) is 0 Å². The summed E-state index contributed by atoms with van der Waals surface area (Å²) in [6.45, 7) is 3.29. The Morgan fingerprint density at radius 1 is 1.62 bits per heavy atom. The molecule has 4 heteroatoms. The molecule has 1 fully saturated rings. The summed E-state index contributed by atoms with van der Waals surface area (Å²) in [5, 5.41) is 8.64. The molecule has 0 aromatic rings. The van der Waals surface area contributed by atoms with Crippen LogP contribution in [0.5, 0.6) is 0 Å². The minimum Gasteiger partial charge on any atom is -0.381 e. The molecular formula is C9H15NO2S. The molecule has 0 aromatic heterocycles. The van der Waals surface area contributed by atoms with Gasteiger partial charge in [-0.3, -0.25) is 4.21 Å². The van der Waals surface area contributed by atoms with Crippen LogP contribution in [0.2, 0.25) is 0 Å². The van der Waals surface area contributed by atoms with Crippen LogP contribution in [0, 0.1) is 11.3 Å². The average molecular weight is 201 g/mol. The predicted octanol–water partition coefficient (Wildman–Crippen LogP) is 1.22. The van der Waals surface area contributed by atoms with Gasteiger partial charge in [0.1, 0.15) is 5.25 Å². The Balaban J connectivity index is 2.50. The van der Waals surface area contributed by atoms with Gasteiger partial charge in [0.15, 0.2) is 0 Å². The third-order valence-electron chi connectivity index (χ3n) is 2.29. The Kier molecular flexibility index (Phi) is 4.40. The van der Waals surface area contributed by atoms with E-state index >= 15 is 0 Å². The van der Waals surface area contributed by atoms with E-state index in [2.05, 4.69) is 6.07 Å². The number of rotatable bonds is 3. The van der Waals surface area contributed by atoms with Gasteiger partial charge in [0.05, 0.1) is 6.07 Å². The van der Waals surface area contributed by atoms with Gasteiger partial charge in [0, 0.05) is 29.3 Å². The van der Waals surface area contributed by atoms with Crippen molar-refractivity contribution >= 4 is 10.8 Å². The summed E-state index contributed by atoms with van der Waals surface area (Å²) in [6, 6.07) is 2.11. The smallest absolute Gasteiger partial charge is 0.121 e. The van der Waals surface area contributed by atoms with E-state index in [4.69, 9.17) is 10.00 Å². The SMILES string of the molecule is CCC(C#N)S(=O)C1CCOCC1. The number of nitrogens with zero attached hydrogens (tertiary/aromatic N) is 1. The minimum atomic E-state index is -0.985. The van der Waals surface area contributed by atoms with Crippen LogP contribution >= 0.6 is 0 Å². The highest BCUT2D eigenvalue weighted by molar-refractivity contribution is 7.86. The van der Waals surface area contributed by atoms with Crippen molar-refractivity contribution in [2.45, 2.75) is 36.7 Å². The van der Waals surface area contributed by atoms with Gasteiger partial charge in [-0.1, -0.05) is 6.92 Å². The number of ether oxygens (including phenoxy) is 1. The standard InChI is InChI=1S/C9H15NO2S/c1-2-8(7-10)13(11)9-3-5-12-6-4-9/h8-9H,2-6H2,1H3. The summed E-state index contributed by atoms with van der Waals surface area (Å²) < 4.78 is 17.0. The second-order valence-electron chi connectivity index (χ2n) is 3.17. The first kappa shape index (κ1) is 10.7. The fourth-order valence-electron chi connectivity index (χ4n) is 1.45. The molecule has 0 amide bonds. The number of hydrogen-bond acceptors (Lipinski definition) is 3. The molecule has 74 valence electrons. The molecule has 1 rings (SSSR count). The quantitative estimate of drug-likeness (QED) is 0.689. The van der Waals surface area contributed by atoms with Crippen LogP contribution in [0.4, 0.5) is 0 Å². The van der Waals surface area contributed by atoms with Crippen LogP contribution in [-0.2, 0) is 15.5 Å². The molecule has 0 N–H and O–H groups in total. The van der Waals surface area contributed by atoms with Crippen molar-refractivity contribution in [2.24, 2.45) is 0 Å². The topological polar surface area (TPSA) is 50.1 Å². The zero-order chi connectivity index (χ0) is 9.68. The van der Waals surface area contributed by atoms with Gasteiger partial charge >= 0.3 is 0 Å². The van der Waals surface area contributed by atoms with Crippen LogP contribution < -0.4 is 0 Å². The minimum absolute atomic E-state index is 0.179. The molecule has 0 spiro atoms. The van der Waals surface area contributed by atoms with Crippen LogP contribution in [0.1, 0.15) is 26.2 Å². The third kappa shape index (κ3) is 2.78. The molecule has 2 unspecified atom stereocenters. The van der Waals surface area contributed by atoms with Gasteiger partial charge in [-0.15, -0.1) is 0 Å². The zero-order valence-corrected chi connectivity index (χ0v) is 8.68. The highest BCUT2D eigenvalue weighted by atomic mass is 32.2. The summed E-state index contributed by atoms with van der Waals surface area (Å²) >= 11 is 0. The van der Waals surface area contributed by atoms with Crippen molar-refractivity contribution < 1.29 is 8.95 Å². The van der Waals surface area contributed by atoms with Gasteiger partial charge in [-0.2, -0.15) is 5.26 Å². The molecule has 0 radical (unpaired) electrons. The van der Waals surface area contributed by atoms with Crippen molar-refractivity contribution in [2.75, 3.05) is 13.2 Å². The Bertz CT molecular complexity index is 218. The molecule has 13 heavy (non-hydrogen) atoms. The maximum absolute atomic E-state index is 11.8. The highest BCUT2D eigenvalue weighted by Crippen LogP contribution is 2.17. The van der Waals surface area contributed by atoms with Crippen molar-refractivity contribution in [3.05, 3.63) is 0 Å². The summed E-state index contributed by atoms with van der Waals surface area (Å²) in [5.41, 5.74) is 0. The van der Waals surface area contributed by atoms with Crippen molar-refractivity contribution in [3.63, 3.8) is 0 Å². The Labute approximate surface area is 81.5 Å². The molecule has 3 nitrogen and oxygen atoms in total. The van der Waals surface area contributed by atoms with Crippen molar-refractivity contribution in [1.29, 1.82) is 5.26 Å². The largest absolute Gasteiger partial charge is 0.381 e. The van der Waals surface area contributed by atoms with E-state index in [-0.39, 0.29) is 10.5 Å². The zero-order valence-electron chi connectivity index (χ0n) is 7.86. The van der Waals surface area contributed by atoms with Gasteiger partial charge in [0.2, 0.25) is 0 Å². The number of hydrogen-bond donors (Lipinski definition) is 0. The van der Waals surface area contributed by atoms with E-state index < -0.39 is 10.8 Å². The second kappa shape index (κ2) is 5.36. The van der Waals surface area contributed by atoms with E-state index in [0.29, 0.717) is 19.6 Å². The third-order valence-corrected chi connectivity index (χ3v) is 4.42. The van der Waals surface area contributed by atoms with Gasteiger partial charge in [0.25, 0.3) is 0 Å². The van der Waals surface area contributed by atoms with Gasteiger partial charge < -0.3 is 4.74 Å². The summed E-state index contributed by atoms with van der Waals surface area (Å²) in [5.74, 6) is 0. The second-order valence-corrected chi connectivity index (χ2v) is 5.06. The van der Waals surface area contributed by atoms with Crippen molar-refractivity contribution in [1.82, 2.24) is 0 Å². The molecular weight excluding hydrogens is 186 g/mol. The first-order valence-corrected chi connectivity index (χ1v) is 5.94. The average Bonchev–Trinajstić information content (AvgIpc) is 2.21. The van der Waals surface area contributed by atoms with E-state index in [1.54, 1.807) is 0 Å². The lowest BCUT2D eigenvalue weighted by Crippen LogP contribution is -2.30. The van der Waals surface area contributed by atoms with Crippen LogP contribution in [0.3, 0.4) is 0 Å². The lowest BCUT2D eigenvalue weighted by Gasteiger charge is -2.22. The number of nitriles is 1. The normalized spacial score (nSPS) is 23.4. The Hall–Kier alpha value is -0.400. The summed E-state index contributed by atoms with van der Waals surface area (Å²) in [4.78, 5) is 0. The van der Waals surface area contributed by atoms with E-state index in [1.165, 1.54) is 0 Å². The molecule has 0 bridgehead atoms. The van der Waals surface area contributed by atoms with Crippen LogP contribution in [0.25, 0.3) is 0 Å². The Morgan fingerprint density at radius 3 is 2.69 bits per heavy atom. The molecule has 1 aliphatic rings. The monoisotopic (exact) mass is 201 g/mol. The maximum atomic E-state index is 11.8. The molecule has 1 aliphatic heterocycles. The molecule has 0 saturated carbocycles. The lowest BCUT2D eigenvalue weighted by molar-refractivity contribution is 0.0991. The van der Waals surface area contributed by atoms with Gasteiger partial charge in [-0.25, -0.2) is 0 Å². The fourth-order valence-corrected chi connectivity index (χ4v) is 3.00.